The van der Waals surface area contributed by atoms with Gasteiger partial charge < -0.3 is 14.0 Å². The molecule has 0 radical (unpaired) electrons. The van der Waals surface area contributed by atoms with Crippen LogP contribution >= 0.6 is 0 Å². The van der Waals surface area contributed by atoms with Crippen molar-refractivity contribution in [2.75, 3.05) is 13.3 Å². The highest BCUT2D eigenvalue weighted by Gasteiger charge is 2.32. The van der Waals surface area contributed by atoms with Gasteiger partial charge in [-0.1, -0.05) is 0 Å². The van der Waals surface area contributed by atoms with Crippen molar-refractivity contribution in [1.82, 2.24) is 13.9 Å². The summed E-state index contributed by atoms with van der Waals surface area (Å²) in [6.07, 6.45) is 2.42. The summed E-state index contributed by atoms with van der Waals surface area (Å²) in [6, 6.07) is 4.99. The molecule has 0 amide bonds. The quantitative estimate of drug-likeness (QED) is 0.847. The second kappa shape index (κ2) is 5.49. The molecule has 1 aromatic carbocycles. The van der Waals surface area contributed by atoms with E-state index in [0.29, 0.717) is 31.0 Å². The van der Waals surface area contributed by atoms with Gasteiger partial charge in [-0.25, -0.2) is 13.4 Å². The molecule has 128 valence electrons. The Balaban J connectivity index is 1.67. The lowest BCUT2D eigenvalue weighted by Crippen LogP contribution is -2.36. The molecule has 8 heteroatoms. The van der Waals surface area contributed by atoms with Gasteiger partial charge in [0.2, 0.25) is 16.8 Å². The SMILES string of the molecule is CC(C)n1cnc2c1CN(S(=O)(=O)c1ccc3c(c1)OCO3)CC2. The maximum Gasteiger partial charge on any atom is 0.243 e. The third-order valence-corrected chi connectivity index (χ3v) is 6.29. The van der Waals surface area contributed by atoms with E-state index in [9.17, 15) is 8.42 Å². The highest BCUT2D eigenvalue weighted by Crippen LogP contribution is 2.35. The second-order valence-electron chi connectivity index (χ2n) is 6.24. The number of sulfonamides is 1. The Bertz CT molecular complexity index is 889. The van der Waals surface area contributed by atoms with Gasteiger partial charge in [-0.05, 0) is 26.0 Å². The number of fused-ring (bicyclic) bond motifs is 2. The second-order valence-corrected chi connectivity index (χ2v) is 8.18. The van der Waals surface area contributed by atoms with E-state index in [0.717, 1.165) is 11.4 Å². The van der Waals surface area contributed by atoms with Crippen LogP contribution in [0.3, 0.4) is 0 Å². The van der Waals surface area contributed by atoms with Crippen molar-refractivity contribution in [2.45, 2.75) is 37.8 Å². The van der Waals surface area contributed by atoms with Crippen molar-refractivity contribution in [3.63, 3.8) is 0 Å². The number of benzene rings is 1. The van der Waals surface area contributed by atoms with Crippen molar-refractivity contribution in [2.24, 2.45) is 0 Å². The molecular formula is C16H19N3O4S. The van der Waals surface area contributed by atoms with Crippen LogP contribution in [0.15, 0.2) is 29.4 Å². The van der Waals surface area contributed by atoms with Crippen LogP contribution in [0.1, 0.15) is 31.3 Å². The molecule has 0 aliphatic carbocycles. The Labute approximate surface area is 140 Å². The Morgan fingerprint density at radius 2 is 2.00 bits per heavy atom. The van der Waals surface area contributed by atoms with Gasteiger partial charge in [0.1, 0.15) is 0 Å². The molecule has 7 nitrogen and oxygen atoms in total. The first-order chi connectivity index (χ1) is 11.5. The molecule has 0 saturated carbocycles. The lowest BCUT2D eigenvalue weighted by molar-refractivity contribution is 0.174. The first-order valence-electron chi connectivity index (χ1n) is 7.91. The smallest absolute Gasteiger partial charge is 0.243 e. The van der Waals surface area contributed by atoms with E-state index >= 15 is 0 Å². The summed E-state index contributed by atoms with van der Waals surface area (Å²) < 4.78 is 40.1. The van der Waals surface area contributed by atoms with E-state index in [1.54, 1.807) is 18.5 Å². The summed E-state index contributed by atoms with van der Waals surface area (Å²) in [5.74, 6) is 1.05. The van der Waals surface area contributed by atoms with Crippen molar-refractivity contribution in [3.8, 4) is 11.5 Å². The number of rotatable bonds is 3. The fraction of sp³-hybridized carbons (Fsp3) is 0.438. The van der Waals surface area contributed by atoms with Crippen molar-refractivity contribution in [3.05, 3.63) is 35.9 Å². The van der Waals surface area contributed by atoms with Gasteiger partial charge in [-0.3, -0.25) is 0 Å². The van der Waals surface area contributed by atoms with E-state index in [1.807, 2.05) is 4.57 Å². The molecule has 3 heterocycles. The zero-order valence-corrected chi connectivity index (χ0v) is 14.4. The molecule has 2 aromatic rings. The third-order valence-electron chi connectivity index (χ3n) is 4.45. The normalized spacial score (nSPS) is 17.3. The highest BCUT2D eigenvalue weighted by atomic mass is 32.2. The zero-order chi connectivity index (χ0) is 16.9. The zero-order valence-electron chi connectivity index (χ0n) is 13.6. The average Bonchev–Trinajstić information content (AvgIpc) is 3.19. The van der Waals surface area contributed by atoms with E-state index in [-0.39, 0.29) is 17.7 Å². The number of imidazole rings is 1. The number of hydrogen-bond acceptors (Lipinski definition) is 5. The van der Waals surface area contributed by atoms with Crippen LogP contribution in [0.2, 0.25) is 0 Å². The number of ether oxygens (including phenoxy) is 2. The van der Waals surface area contributed by atoms with Gasteiger partial charge in [-0.2, -0.15) is 4.31 Å². The average molecular weight is 349 g/mol. The molecule has 0 fully saturated rings. The Morgan fingerprint density at radius 3 is 2.79 bits per heavy atom. The lowest BCUT2D eigenvalue weighted by Gasteiger charge is -2.27. The summed E-state index contributed by atoms with van der Waals surface area (Å²) >= 11 is 0. The summed E-state index contributed by atoms with van der Waals surface area (Å²) in [5.41, 5.74) is 1.96. The monoisotopic (exact) mass is 349 g/mol. The van der Waals surface area contributed by atoms with E-state index in [4.69, 9.17) is 9.47 Å². The van der Waals surface area contributed by atoms with Crippen LogP contribution in [0.4, 0.5) is 0 Å². The molecule has 0 bridgehead atoms. The molecule has 1 aromatic heterocycles. The van der Waals surface area contributed by atoms with Crippen LogP contribution in [0.5, 0.6) is 11.5 Å². The van der Waals surface area contributed by atoms with Gasteiger partial charge in [0.05, 0.1) is 29.2 Å². The van der Waals surface area contributed by atoms with Gasteiger partial charge in [-0.15, -0.1) is 0 Å². The van der Waals surface area contributed by atoms with Gasteiger partial charge >= 0.3 is 0 Å². The molecule has 24 heavy (non-hydrogen) atoms. The number of hydrogen-bond donors (Lipinski definition) is 0. The van der Waals surface area contributed by atoms with Gasteiger partial charge in [0, 0.05) is 25.1 Å². The number of aromatic nitrogens is 2. The minimum atomic E-state index is -3.59. The summed E-state index contributed by atoms with van der Waals surface area (Å²) in [6.45, 7) is 5.02. The molecule has 0 atom stereocenters. The molecular weight excluding hydrogens is 330 g/mol. The molecule has 2 aliphatic rings. The highest BCUT2D eigenvalue weighted by molar-refractivity contribution is 7.89. The molecule has 0 unspecified atom stereocenters. The minimum Gasteiger partial charge on any atom is -0.454 e. The predicted octanol–water partition coefficient (Wildman–Crippen LogP) is 1.94. The Morgan fingerprint density at radius 1 is 1.21 bits per heavy atom. The molecule has 0 spiro atoms. The molecule has 2 aliphatic heterocycles. The predicted molar refractivity (Wildman–Crippen MR) is 86.5 cm³/mol. The van der Waals surface area contributed by atoms with Crippen LogP contribution < -0.4 is 9.47 Å². The molecule has 4 rings (SSSR count). The van der Waals surface area contributed by atoms with Crippen molar-refractivity contribution in [1.29, 1.82) is 0 Å². The largest absolute Gasteiger partial charge is 0.454 e. The summed E-state index contributed by atoms with van der Waals surface area (Å²) in [4.78, 5) is 4.65. The summed E-state index contributed by atoms with van der Waals surface area (Å²) in [5, 5.41) is 0. The maximum absolute atomic E-state index is 13.0. The van der Waals surface area contributed by atoms with Crippen LogP contribution in [-0.2, 0) is 23.0 Å². The first kappa shape index (κ1) is 15.5. The Kier molecular flexibility index (Phi) is 3.54. The molecule has 0 saturated heterocycles. The van der Waals surface area contributed by atoms with E-state index in [1.165, 1.54) is 10.4 Å². The topological polar surface area (TPSA) is 73.7 Å². The van der Waals surface area contributed by atoms with E-state index in [2.05, 4.69) is 18.8 Å². The van der Waals surface area contributed by atoms with Gasteiger partial charge in [0.25, 0.3) is 0 Å². The fourth-order valence-electron chi connectivity index (χ4n) is 3.12. The lowest BCUT2D eigenvalue weighted by atomic mass is 10.2. The van der Waals surface area contributed by atoms with Crippen LogP contribution in [0.25, 0.3) is 0 Å². The van der Waals surface area contributed by atoms with Crippen LogP contribution in [0, 0.1) is 0 Å². The summed E-state index contributed by atoms with van der Waals surface area (Å²) in [7, 11) is -3.59. The standard InChI is InChI=1S/C16H19N3O4S/c1-11(2)19-9-17-13-5-6-18(8-14(13)19)24(20,21)12-3-4-15-16(7-12)23-10-22-15/h3-4,7,9,11H,5-6,8,10H2,1-2H3. The third kappa shape index (κ3) is 2.37. The van der Waals surface area contributed by atoms with Crippen molar-refractivity contribution >= 4 is 10.0 Å². The maximum atomic E-state index is 13.0. The Hall–Kier alpha value is -2.06. The van der Waals surface area contributed by atoms with Crippen molar-refractivity contribution < 1.29 is 17.9 Å². The van der Waals surface area contributed by atoms with E-state index < -0.39 is 10.0 Å². The first-order valence-corrected chi connectivity index (χ1v) is 9.35. The number of nitrogens with zero attached hydrogens (tertiary/aromatic N) is 3. The fourth-order valence-corrected chi connectivity index (χ4v) is 4.54. The van der Waals surface area contributed by atoms with Crippen LogP contribution in [-0.4, -0.2) is 35.6 Å². The minimum absolute atomic E-state index is 0.124. The van der Waals surface area contributed by atoms with Gasteiger partial charge in [0.15, 0.2) is 11.5 Å². The molecule has 0 N–H and O–H groups in total.